The van der Waals surface area contributed by atoms with E-state index in [0.717, 1.165) is 22.6 Å². The molecule has 2 aromatic rings. The first-order valence-electron chi connectivity index (χ1n) is 6.31. The number of halogens is 1. The lowest BCUT2D eigenvalue weighted by molar-refractivity contribution is 0.670. The van der Waals surface area contributed by atoms with Crippen molar-refractivity contribution in [3.8, 4) is 0 Å². The predicted molar refractivity (Wildman–Crippen MR) is 73.4 cm³/mol. The average Bonchev–Trinajstić information content (AvgIpc) is 2.96. The van der Waals surface area contributed by atoms with Crippen molar-refractivity contribution in [3.63, 3.8) is 0 Å². The Morgan fingerprint density at radius 3 is 2.72 bits per heavy atom. The van der Waals surface area contributed by atoms with E-state index >= 15 is 0 Å². The van der Waals surface area contributed by atoms with Gasteiger partial charge < -0.3 is 0 Å². The highest BCUT2D eigenvalue weighted by Crippen LogP contribution is 2.32. The van der Waals surface area contributed by atoms with Gasteiger partial charge in [-0.1, -0.05) is 0 Å². The lowest BCUT2D eigenvalue weighted by Gasteiger charge is -1.97. The highest BCUT2D eigenvalue weighted by molar-refractivity contribution is 9.10. The summed E-state index contributed by atoms with van der Waals surface area (Å²) in [5.74, 6) is 0.901. The zero-order valence-corrected chi connectivity index (χ0v) is 12.3. The normalized spacial score (nSPS) is 15.3. The summed E-state index contributed by atoms with van der Waals surface area (Å²) in [7, 11) is 3.98. The Bertz CT molecular complexity index is 566. The van der Waals surface area contributed by atoms with Gasteiger partial charge in [0.05, 0.1) is 5.69 Å². The van der Waals surface area contributed by atoms with E-state index in [4.69, 9.17) is 0 Å². The molecule has 3 rings (SSSR count). The summed E-state index contributed by atoms with van der Waals surface area (Å²) in [5, 5.41) is 8.89. The van der Waals surface area contributed by atoms with Crippen LogP contribution in [0.5, 0.6) is 0 Å². The molecular formula is C13H17BrN4. The van der Waals surface area contributed by atoms with Gasteiger partial charge in [0.15, 0.2) is 0 Å². The Kier molecular flexibility index (Phi) is 3.01. The molecule has 18 heavy (non-hydrogen) atoms. The summed E-state index contributed by atoms with van der Waals surface area (Å²) in [6.45, 7) is 0. The second-order valence-corrected chi connectivity index (χ2v) is 5.94. The number of aromatic nitrogens is 4. The molecule has 0 aliphatic heterocycles. The second-order valence-electron chi connectivity index (χ2n) is 5.19. The number of hydrogen-bond donors (Lipinski definition) is 0. The van der Waals surface area contributed by atoms with Crippen molar-refractivity contribution >= 4 is 15.9 Å². The van der Waals surface area contributed by atoms with Gasteiger partial charge in [0.2, 0.25) is 0 Å². The SMILES string of the molecule is Cn1cc(Cc2cc(CC3CC3)n(C)n2)c(Br)n1. The monoisotopic (exact) mass is 308 g/mol. The maximum Gasteiger partial charge on any atom is 0.131 e. The summed E-state index contributed by atoms with van der Waals surface area (Å²) in [5.41, 5.74) is 3.67. The maximum atomic E-state index is 4.60. The molecular weight excluding hydrogens is 292 g/mol. The number of hydrogen-bond acceptors (Lipinski definition) is 2. The Hall–Kier alpha value is -1.10. The first kappa shape index (κ1) is 12.0. The summed E-state index contributed by atoms with van der Waals surface area (Å²) in [6, 6.07) is 2.23. The molecule has 2 aromatic heterocycles. The van der Waals surface area contributed by atoms with Gasteiger partial charge in [-0.3, -0.25) is 9.36 Å². The fourth-order valence-corrected chi connectivity index (χ4v) is 2.78. The molecule has 0 radical (unpaired) electrons. The number of aryl methyl sites for hydroxylation is 2. The van der Waals surface area contributed by atoms with Crippen LogP contribution in [-0.4, -0.2) is 19.6 Å². The van der Waals surface area contributed by atoms with Crippen LogP contribution in [0.4, 0.5) is 0 Å². The standard InChI is InChI=1S/C13H17BrN4/c1-17-8-10(13(14)16-17)6-11-7-12(18(2)15-11)5-9-3-4-9/h7-9H,3-6H2,1-2H3. The molecule has 1 saturated carbocycles. The molecule has 0 amide bonds. The van der Waals surface area contributed by atoms with E-state index < -0.39 is 0 Å². The minimum atomic E-state index is 0.840. The van der Waals surface area contributed by atoms with Crippen molar-refractivity contribution in [2.75, 3.05) is 0 Å². The molecule has 5 heteroatoms. The minimum Gasteiger partial charge on any atom is -0.274 e. The van der Waals surface area contributed by atoms with Crippen LogP contribution in [0.1, 0.15) is 29.8 Å². The van der Waals surface area contributed by atoms with Crippen LogP contribution in [-0.2, 0) is 26.9 Å². The van der Waals surface area contributed by atoms with Gasteiger partial charge in [-0.15, -0.1) is 0 Å². The molecule has 0 unspecified atom stereocenters. The van der Waals surface area contributed by atoms with E-state index in [1.165, 1.54) is 30.5 Å². The third-order valence-electron chi connectivity index (χ3n) is 3.45. The molecule has 96 valence electrons. The van der Waals surface area contributed by atoms with Crippen molar-refractivity contribution in [1.29, 1.82) is 0 Å². The molecule has 0 atom stereocenters. The third-order valence-corrected chi connectivity index (χ3v) is 4.11. The summed E-state index contributed by atoms with van der Waals surface area (Å²) >= 11 is 3.48. The lowest BCUT2D eigenvalue weighted by atomic mass is 10.1. The van der Waals surface area contributed by atoms with Gasteiger partial charge in [-0.05, 0) is 47.2 Å². The van der Waals surface area contributed by atoms with Gasteiger partial charge in [0.1, 0.15) is 4.60 Å². The van der Waals surface area contributed by atoms with E-state index in [2.05, 4.69) is 32.2 Å². The van der Waals surface area contributed by atoms with Gasteiger partial charge in [-0.25, -0.2) is 0 Å². The molecule has 0 N–H and O–H groups in total. The Morgan fingerprint density at radius 1 is 1.33 bits per heavy atom. The van der Waals surface area contributed by atoms with Crippen molar-refractivity contribution in [1.82, 2.24) is 19.6 Å². The average molecular weight is 309 g/mol. The van der Waals surface area contributed by atoms with Gasteiger partial charge in [0.25, 0.3) is 0 Å². The van der Waals surface area contributed by atoms with E-state index in [1.54, 1.807) is 0 Å². The highest BCUT2D eigenvalue weighted by Gasteiger charge is 2.23. The fraction of sp³-hybridized carbons (Fsp3) is 0.538. The second kappa shape index (κ2) is 4.53. The Labute approximate surface area is 115 Å². The van der Waals surface area contributed by atoms with Crippen LogP contribution >= 0.6 is 15.9 Å². The van der Waals surface area contributed by atoms with Crippen LogP contribution in [0.25, 0.3) is 0 Å². The van der Waals surface area contributed by atoms with E-state index in [1.807, 2.05) is 29.7 Å². The first-order valence-corrected chi connectivity index (χ1v) is 7.11. The zero-order chi connectivity index (χ0) is 12.7. The van der Waals surface area contributed by atoms with Crippen molar-refractivity contribution in [3.05, 3.63) is 33.8 Å². The Balaban J connectivity index is 1.77. The number of rotatable bonds is 4. The van der Waals surface area contributed by atoms with Gasteiger partial charge in [0, 0.05) is 38.0 Å². The van der Waals surface area contributed by atoms with Crippen LogP contribution < -0.4 is 0 Å². The highest BCUT2D eigenvalue weighted by atomic mass is 79.9. The van der Waals surface area contributed by atoms with Crippen molar-refractivity contribution in [2.45, 2.75) is 25.7 Å². The van der Waals surface area contributed by atoms with Crippen molar-refractivity contribution in [2.24, 2.45) is 20.0 Å². The van der Waals surface area contributed by atoms with Crippen LogP contribution in [0.15, 0.2) is 16.9 Å². The molecule has 0 saturated heterocycles. The summed E-state index contributed by atoms with van der Waals surface area (Å²) < 4.78 is 4.77. The van der Waals surface area contributed by atoms with Crippen LogP contribution in [0.3, 0.4) is 0 Å². The topological polar surface area (TPSA) is 35.6 Å². The van der Waals surface area contributed by atoms with Gasteiger partial charge in [-0.2, -0.15) is 10.2 Å². The summed E-state index contributed by atoms with van der Waals surface area (Å²) in [6.07, 6.45) is 6.83. The van der Waals surface area contributed by atoms with E-state index in [0.29, 0.717) is 0 Å². The minimum absolute atomic E-state index is 0.840. The molecule has 1 aliphatic rings. The smallest absolute Gasteiger partial charge is 0.131 e. The van der Waals surface area contributed by atoms with Crippen LogP contribution in [0, 0.1) is 5.92 Å². The third kappa shape index (κ3) is 2.51. The van der Waals surface area contributed by atoms with Crippen molar-refractivity contribution < 1.29 is 0 Å². The van der Waals surface area contributed by atoms with E-state index in [-0.39, 0.29) is 0 Å². The predicted octanol–water partition coefficient (Wildman–Crippen LogP) is 2.46. The Morgan fingerprint density at radius 2 is 2.11 bits per heavy atom. The fourth-order valence-electron chi connectivity index (χ4n) is 2.29. The molecule has 1 fully saturated rings. The summed E-state index contributed by atoms with van der Waals surface area (Å²) in [4.78, 5) is 0. The molecule has 1 aliphatic carbocycles. The van der Waals surface area contributed by atoms with Crippen LogP contribution in [0.2, 0.25) is 0 Å². The van der Waals surface area contributed by atoms with E-state index in [9.17, 15) is 0 Å². The molecule has 0 spiro atoms. The van der Waals surface area contributed by atoms with Gasteiger partial charge >= 0.3 is 0 Å². The quantitative estimate of drug-likeness (QED) is 0.870. The largest absolute Gasteiger partial charge is 0.274 e. The zero-order valence-electron chi connectivity index (χ0n) is 10.7. The number of nitrogens with zero attached hydrogens (tertiary/aromatic N) is 4. The molecule has 0 bridgehead atoms. The molecule has 4 nitrogen and oxygen atoms in total. The lowest BCUT2D eigenvalue weighted by Crippen LogP contribution is -1.99. The maximum absolute atomic E-state index is 4.60. The molecule has 0 aromatic carbocycles. The first-order chi connectivity index (χ1) is 8.61. The molecule has 2 heterocycles.